The van der Waals surface area contributed by atoms with Crippen molar-refractivity contribution in [2.24, 2.45) is 0 Å². The zero-order valence-electron chi connectivity index (χ0n) is 10.8. The lowest BCUT2D eigenvalue weighted by atomic mass is 10.2. The number of hydrogen-bond donors (Lipinski definition) is 1. The standard InChI is InChI=1S/C15H10FN3O2/c16-12-9-5-4-8-11(12)14-18-19-15(21-14)13(20)17-10-6-2-1-3-7-10/h1-9H,(H,17,20). The first kappa shape index (κ1) is 13.0. The van der Waals surface area contributed by atoms with Gasteiger partial charge in [-0.25, -0.2) is 4.39 Å². The second-order valence-electron chi connectivity index (χ2n) is 4.21. The van der Waals surface area contributed by atoms with Crippen molar-refractivity contribution in [3.8, 4) is 11.5 Å². The Hall–Kier alpha value is -3.02. The molecule has 0 radical (unpaired) electrons. The SMILES string of the molecule is O=C(Nc1ccccc1)c1nnc(-c2ccccc2F)o1. The Morgan fingerprint density at radius 1 is 1.00 bits per heavy atom. The highest BCUT2D eigenvalue weighted by Crippen LogP contribution is 2.21. The van der Waals surface area contributed by atoms with E-state index < -0.39 is 11.7 Å². The topological polar surface area (TPSA) is 68.0 Å². The van der Waals surface area contributed by atoms with Gasteiger partial charge in [-0.1, -0.05) is 30.3 Å². The first-order valence-electron chi connectivity index (χ1n) is 6.19. The third kappa shape index (κ3) is 2.79. The molecular formula is C15H10FN3O2. The molecule has 6 heteroatoms. The Bertz CT molecular complexity index is 771. The predicted molar refractivity (Wildman–Crippen MR) is 74.1 cm³/mol. The largest absolute Gasteiger partial charge is 0.412 e. The first-order valence-corrected chi connectivity index (χ1v) is 6.19. The molecule has 0 unspecified atom stereocenters. The summed E-state index contributed by atoms with van der Waals surface area (Å²) in [6.07, 6.45) is 0. The quantitative estimate of drug-likeness (QED) is 0.801. The Morgan fingerprint density at radius 2 is 1.71 bits per heavy atom. The number of hydrogen-bond acceptors (Lipinski definition) is 4. The Labute approximate surface area is 119 Å². The van der Waals surface area contributed by atoms with E-state index in [0.717, 1.165) is 0 Å². The van der Waals surface area contributed by atoms with Crippen molar-refractivity contribution in [3.05, 3.63) is 66.3 Å². The van der Waals surface area contributed by atoms with Crippen LogP contribution in [-0.4, -0.2) is 16.1 Å². The maximum atomic E-state index is 13.6. The van der Waals surface area contributed by atoms with Crippen LogP contribution in [0.25, 0.3) is 11.5 Å². The lowest BCUT2D eigenvalue weighted by Crippen LogP contribution is -2.12. The number of benzene rings is 2. The van der Waals surface area contributed by atoms with Gasteiger partial charge < -0.3 is 9.73 Å². The minimum absolute atomic E-state index is 0.0358. The van der Waals surface area contributed by atoms with Gasteiger partial charge in [-0.3, -0.25) is 4.79 Å². The van der Waals surface area contributed by atoms with Crippen LogP contribution in [0, 0.1) is 5.82 Å². The molecular weight excluding hydrogens is 273 g/mol. The minimum Gasteiger partial charge on any atom is -0.412 e. The van der Waals surface area contributed by atoms with Crippen LogP contribution in [0.3, 0.4) is 0 Å². The van der Waals surface area contributed by atoms with Crippen LogP contribution in [0.4, 0.5) is 10.1 Å². The summed E-state index contributed by atoms with van der Waals surface area (Å²) in [4.78, 5) is 11.9. The molecule has 3 rings (SSSR count). The van der Waals surface area contributed by atoms with Crippen LogP contribution >= 0.6 is 0 Å². The molecule has 1 aromatic heterocycles. The number of carbonyl (C=O) groups excluding carboxylic acids is 1. The molecule has 0 aliphatic rings. The fourth-order valence-electron chi connectivity index (χ4n) is 1.76. The third-order valence-corrected chi connectivity index (χ3v) is 2.76. The Balaban J connectivity index is 1.82. The average molecular weight is 283 g/mol. The number of aromatic nitrogens is 2. The van der Waals surface area contributed by atoms with E-state index in [1.54, 1.807) is 36.4 Å². The molecule has 104 valence electrons. The maximum Gasteiger partial charge on any atom is 0.313 e. The van der Waals surface area contributed by atoms with Crippen LogP contribution in [0.5, 0.6) is 0 Å². The number of nitrogens with zero attached hydrogens (tertiary/aromatic N) is 2. The number of halogens is 1. The zero-order chi connectivity index (χ0) is 14.7. The highest BCUT2D eigenvalue weighted by Gasteiger charge is 2.17. The number of anilines is 1. The molecule has 5 nitrogen and oxygen atoms in total. The summed E-state index contributed by atoms with van der Waals surface area (Å²) in [7, 11) is 0. The van der Waals surface area contributed by atoms with Crippen molar-refractivity contribution in [1.82, 2.24) is 10.2 Å². The van der Waals surface area contributed by atoms with Gasteiger partial charge in [0.25, 0.3) is 5.89 Å². The second kappa shape index (κ2) is 5.54. The number of nitrogens with one attached hydrogen (secondary N) is 1. The third-order valence-electron chi connectivity index (χ3n) is 2.76. The fourth-order valence-corrected chi connectivity index (χ4v) is 1.76. The van der Waals surface area contributed by atoms with Gasteiger partial charge >= 0.3 is 11.8 Å². The number of rotatable bonds is 3. The van der Waals surface area contributed by atoms with Gasteiger partial charge in [0.15, 0.2) is 0 Å². The molecule has 0 aliphatic carbocycles. The van der Waals surface area contributed by atoms with Crippen molar-refractivity contribution >= 4 is 11.6 Å². The monoisotopic (exact) mass is 283 g/mol. The molecule has 0 atom stereocenters. The Kier molecular flexibility index (Phi) is 3.42. The molecule has 2 aromatic carbocycles. The van der Waals surface area contributed by atoms with Crippen molar-refractivity contribution < 1.29 is 13.6 Å². The highest BCUT2D eigenvalue weighted by molar-refractivity contribution is 6.00. The van der Waals surface area contributed by atoms with Crippen LogP contribution in [-0.2, 0) is 0 Å². The van der Waals surface area contributed by atoms with Gasteiger partial charge in [0.2, 0.25) is 0 Å². The van der Waals surface area contributed by atoms with Crippen molar-refractivity contribution in [2.45, 2.75) is 0 Å². The van der Waals surface area contributed by atoms with Crippen molar-refractivity contribution in [1.29, 1.82) is 0 Å². The molecule has 0 saturated heterocycles. The van der Waals surface area contributed by atoms with Crippen LogP contribution in [0.1, 0.15) is 10.7 Å². The molecule has 3 aromatic rings. The van der Waals surface area contributed by atoms with E-state index >= 15 is 0 Å². The smallest absolute Gasteiger partial charge is 0.313 e. The molecule has 21 heavy (non-hydrogen) atoms. The van der Waals surface area contributed by atoms with E-state index in [9.17, 15) is 9.18 Å². The van der Waals surface area contributed by atoms with Crippen LogP contribution in [0.15, 0.2) is 59.0 Å². The van der Waals surface area contributed by atoms with Gasteiger partial charge in [0.1, 0.15) is 5.82 Å². The molecule has 1 N–H and O–H groups in total. The molecule has 0 bridgehead atoms. The van der Waals surface area contributed by atoms with Gasteiger partial charge in [-0.15, -0.1) is 10.2 Å². The first-order chi connectivity index (χ1) is 10.2. The average Bonchev–Trinajstić information content (AvgIpc) is 2.98. The van der Waals surface area contributed by atoms with Gasteiger partial charge in [-0.05, 0) is 24.3 Å². The van der Waals surface area contributed by atoms with E-state index in [0.29, 0.717) is 5.69 Å². The highest BCUT2D eigenvalue weighted by atomic mass is 19.1. The zero-order valence-corrected chi connectivity index (χ0v) is 10.8. The van der Waals surface area contributed by atoms with E-state index in [4.69, 9.17) is 4.42 Å². The lowest BCUT2D eigenvalue weighted by molar-refractivity contribution is 0.0991. The number of carbonyl (C=O) groups is 1. The summed E-state index contributed by atoms with van der Waals surface area (Å²) in [5.41, 5.74) is 0.761. The van der Waals surface area contributed by atoms with Crippen molar-refractivity contribution in [3.63, 3.8) is 0 Å². The summed E-state index contributed by atoms with van der Waals surface area (Å²) in [6, 6.07) is 14.8. The molecule has 0 aliphatic heterocycles. The minimum atomic E-state index is -0.545. The van der Waals surface area contributed by atoms with Crippen LogP contribution in [0.2, 0.25) is 0 Å². The lowest BCUT2D eigenvalue weighted by Gasteiger charge is -2.00. The number of amides is 1. The van der Waals surface area contributed by atoms with E-state index in [2.05, 4.69) is 15.5 Å². The summed E-state index contributed by atoms with van der Waals surface area (Å²) < 4.78 is 18.8. The maximum absolute atomic E-state index is 13.6. The molecule has 0 saturated carbocycles. The molecule has 0 fully saturated rings. The van der Waals surface area contributed by atoms with Gasteiger partial charge in [-0.2, -0.15) is 0 Å². The number of para-hydroxylation sites is 1. The molecule has 1 amide bonds. The van der Waals surface area contributed by atoms with E-state index in [1.807, 2.05) is 6.07 Å². The molecule has 1 heterocycles. The Morgan fingerprint density at radius 3 is 2.48 bits per heavy atom. The summed E-state index contributed by atoms with van der Waals surface area (Å²) in [6.45, 7) is 0. The van der Waals surface area contributed by atoms with E-state index in [-0.39, 0.29) is 17.3 Å². The second-order valence-corrected chi connectivity index (χ2v) is 4.21. The fraction of sp³-hybridized carbons (Fsp3) is 0. The molecule has 0 spiro atoms. The van der Waals surface area contributed by atoms with Gasteiger partial charge in [0.05, 0.1) is 5.56 Å². The summed E-state index contributed by atoms with van der Waals surface area (Å²) >= 11 is 0. The normalized spacial score (nSPS) is 10.3. The van der Waals surface area contributed by atoms with Gasteiger partial charge in [0, 0.05) is 5.69 Å². The van der Waals surface area contributed by atoms with Crippen LogP contribution < -0.4 is 5.32 Å². The van der Waals surface area contributed by atoms with E-state index in [1.165, 1.54) is 12.1 Å². The summed E-state index contributed by atoms with van der Waals surface area (Å²) in [5, 5.41) is 9.94. The summed E-state index contributed by atoms with van der Waals surface area (Å²) in [5.74, 6) is -1.30. The van der Waals surface area contributed by atoms with Crippen molar-refractivity contribution in [2.75, 3.05) is 5.32 Å². The predicted octanol–water partition coefficient (Wildman–Crippen LogP) is 3.13.